The molecule has 0 atom stereocenters. The molecule has 0 amide bonds. The predicted octanol–water partition coefficient (Wildman–Crippen LogP) is 4.65. The van der Waals surface area contributed by atoms with E-state index in [4.69, 9.17) is 14.0 Å². The van der Waals surface area contributed by atoms with Crippen LogP contribution in [0.25, 0.3) is 33.7 Å². The van der Waals surface area contributed by atoms with Crippen molar-refractivity contribution in [2.75, 3.05) is 32.2 Å². The Bertz CT molecular complexity index is 1430. The van der Waals surface area contributed by atoms with Crippen LogP contribution in [-0.2, 0) is 7.05 Å². The molecule has 2 aromatic heterocycles. The van der Waals surface area contributed by atoms with Gasteiger partial charge in [-0.15, -0.1) is 0 Å². The molecule has 5 rings (SSSR count). The van der Waals surface area contributed by atoms with Crippen molar-refractivity contribution in [1.82, 2.24) is 14.7 Å². The molecule has 1 saturated heterocycles. The van der Waals surface area contributed by atoms with Crippen LogP contribution in [0.2, 0.25) is 0 Å². The van der Waals surface area contributed by atoms with Crippen LogP contribution in [0.15, 0.2) is 45.8 Å². The lowest BCUT2D eigenvalue weighted by Gasteiger charge is -2.32. The highest BCUT2D eigenvalue weighted by Gasteiger charge is 2.22. The van der Waals surface area contributed by atoms with E-state index >= 15 is 4.39 Å². The maximum atomic E-state index is 15.2. The molecular formula is C26H27FN4O4. The van der Waals surface area contributed by atoms with Crippen LogP contribution in [0.3, 0.4) is 0 Å². The molecule has 1 aliphatic heterocycles. The highest BCUT2D eigenvalue weighted by molar-refractivity contribution is 5.86. The number of ether oxygens (including phenoxy) is 2. The van der Waals surface area contributed by atoms with Crippen LogP contribution in [-0.4, -0.2) is 42.0 Å². The van der Waals surface area contributed by atoms with Crippen molar-refractivity contribution in [2.24, 2.45) is 13.0 Å². The van der Waals surface area contributed by atoms with Gasteiger partial charge in [-0.1, -0.05) is 12.1 Å². The van der Waals surface area contributed by atoms with E-state index in [1.54, 1.807) is 49.2 Å². The third kappa shape index (κ3) is 4.22. The standard InChI is InChI=1S/C26H27FN4O4/c1-15-5-7-31(8-6-15)23-13-22-19(12-21(23)27)24(32)20(14-30(22)2)26-28-25(29-35-26)16-9-17(33-3)11-18(10-16)34-4/h9-15H,5-8H2,1-4H3. The van der Waals surface area contributed by atoms with Crippen molar-refractivity contribution in [3.05, 3.63) is 52.6 Å². The largest absolute Gasteiger partial charge is 0.497 e. The average Bonchev–Trinajstić information content (AvgIpc) is 3.36. The summed E-state index contributed by atoms with van der Waals surface area (Å²) in [5.74, 6) is 1.71. The van der Waals surface area contributed by atoms with Gasteiger partial charge < -0.3 is 23.5 Å². The first-order chi connectivity index (χ1) is 16.9. The number of halogens is 1. The normalized spacial score (nSPS) is 14.5. The fourth-order valence-electron chi connectivity index (χ4n) is 4.52. The van der Waals surface area contributed by atoms with Gasteiger partial charge >= 0.3 is 0 Å². The van der Waals surface area contributed by atoms with E-state index in [-0.39, 0.29) is 28.1 Å². The molecule has 0 spiro atoms. The van der Waals surface area contributed by atoms with E-state index < -0.39 is 5.82 Å². The number of anilines is 1. The van der Waals surface area contributed by atoms with Crippen LogP contribution in [0.5, 0.6) is 11.5 Å². The number of aryl methyl sites for hydroxylation is 1. The summed E-state index contributed by atoms with van der Waals surface area (Å²) in [6, 6.07) is 8.30. The van der Waals surface area contributed by atoms with E-state index in [0.29, 0.717) is 34.2 Å². The van der Waals surface area contributed by atoms with Crippen LogP contribution in [0, 0.1) is 11.7 Å². The summed E-state index contributed by atoms with van der Waals surface area (Å²) in [4.78, 5) is 19.8. The molecule has 0 saturated carbocycles. The fraction of sp³-hybridized carbons (Fsp3) is 0.346. The molecule has 2 aromatic carbocycles. The Balaban J connectivity index is 1.55. The van der Waals surface area contributed by atoms with Crippen molar-refractivity contribution in [3.63, 3.8) is 0 Å². The summed E-state index contributed by atoms with van der Waals surface area (Å²) in [6.45, 7) is 3.82. The first-order valence-corrected chi connectivity index (χ1v) is 11.5. The first-order valence-electron chi connectivity index (χ1n) is 11.5. The van der Waals surface area contributed by atoms with Crippen LogP contribution < -0.4 is 19.8 Å². The molecule has 0 radical (unpaired) electrons. The lowest BCUT2D eigenvalue weighted by Crippen LogP contribution is -2.33. The second-order valence-corrected chi connectivity index (χ2v) is 9.00. The van der Waals surface area contributed by atoms with Crippen molar-refractivity contribution >= 4 is 16.6 Å². The number of fused-ring (bicyclic) bond motifs is 1. The smallest absolute Gasteiger partial charge is 0.263 e. The molecule has 35 heavy (non-hydrogen) atoms. The summed E-state index contributed by atoms with van der Waals surface area (Å²) < 4.78 is 33.0. The fourth-order valence-corrected chi connectivity index (χ4v) is 4.52. The van der Waals surface area contributed by atoms with Gasteiger partial charge in [0.1, 0.15) is 22.9 Å². The van der Waals surface area contributed by atoms with Gasteiger partial charge in [-0.25, -0.2) is 4.39 Å². The maximum Gasteiger partial charge on any atom is 0.263 e. The molecular weight excluding hydrogens is 451 g/mol. The molecule has 8 nitrogen and oxygen atoms in total. The van der Waals surface area contributed by atoms with E-state index in [1.165, 1.54) is 6.07 Å². The van der Waals surface area contributed by atoms with Crippen LogP contribution in [0.1, 0.15) is 19.8 Å². The van der Waals surface area contributed by atoms with Gasteiger partial charge in [0.25, 0.3) is 5.89 Å². The molecule has 3 heterocycles. The molecule has 1 aliphatic rings. The Morgan fingerprint density at radius 1 is 1.06 bits per heavy atom. The number of piperidine rings is 1. The number of pyridine rings is 1. The lowest BCUT2D eigenvalue weighted by molar-refractivity contribution is 0.394. The van der Waals surface area contributed by atoms with Crippen LogP contribution in [0.4, 0.5) is 10.1 Å². The topological polar surface area (TPSA) is 82.6 Å². The van der Waals surface area contributed by atoms with E-state index in [9.17, 15) is 4.79 Å². The van der Waals surface area contributed by atoms with E-state index in [2.05, 4.69) is 22.0 Å². The third-order valence-electron chi connectivity index (χ3n) is 6.65. The van der Waals surface area contributed by atoms with E-state index in [1.807, 2.05) is 7.05 Å². The first kappa shape index (κ1) is 22.9. The predicted molar refractivity (Wildman–Crippen MR) is 132 cm³/mol. The van der Waals surface area contributed by atoms with Crippen LogP contribution >= 0.6 is 0 Å². The number of methoxy groups -OCH3 is 2. The van der Waals surface area contributed by atoms with Gasteiger partial charge in [-0.3, -0.25) is 4.79 Å². The Hall–Kier alpha value is -3.88. The molecule has 4 aromatic rings. The Kier molecular flexibility index (Phi) is 5.92. The third-order valence-corrected chi connectivity index (χ3v) is 6.65. The zero-order chi connectivity index (χ0) is 24.7. The SMILES string of the molecule is COc1cc(OC)cc(-c2noc(-c3cn(C)c4cc(N5CCC(C)CC5)c(F)cc4c3=O)n2)c1. The van der Waals surface area contributed by atoms with E-state index in [0.717, 1.165) is 25.9 Å². The highest BCUT2D eigenvalue weighted by Crippen LogP contribution is 2.31. The second-order valence-electron chi connectivity index (χ2n) is 9.00. The molecule has 0 N–H and O–H groups in total. The lowest BCUT2D eigenvalue weighted by atomic mass is 9.98. The zero-order valence-corrected chi connectivity index (χ0v) is 20.2. The minimum Gasteiger partial charge on any atom is -0.497 e. The molecule has 0 aliphatic carbocycles. The molecule has 9 heteroatoms. The summed E-state index contributed by atoms with van der Waals surface area (Å²) in [7, 11) is 4.92. The number of hydrogen-bond donors (Lipinski definition) is 0. The molecule has 1 fully saturated rings. The Morgan fingerprint density at radius 3 is 2.40 bits per heavy atom. The Labute approximate surface area is 201 Å². The molecule has 182 valence electrons. The number of hydrogen-bond acceptors (Lipinski definition) is 7. The van der Waals surface area contributed by atoms with Gasteiger partial charge in [0.05, 0.1) is 25.4 Å². The minimum absolute atomic E-state index is 0.0544. The second kappa shape index (κ2) is 9.05. The highest BCUT2D eigenvalue weighted by atomic mass is 19.1. The number of aromatic nitrogens is 3. The van der Waals surface area contributed by atoms with Gasteiger partial charge in [0.15, 0.2) is 0 Å². The number of rotatable bonds is 5. The maximum absolute atomic E-state index is 15.2. The van der Waals surface area contributed by atoms with Gasteiger partial charge in [-0.2, -0.15) is 4.98 Å². The summed E-state index contributed by atoms with van der Waals surface area (Å²) >= 11 is 0. The van der Waals surface area contributed by atoms with Gasteiger partial charge in [-0.05, 0) is 43.0 Å². The number of nitrogens with zero attached hydrogens (tertiary/aromatic N) is 4. The zero-order valence-electron chi connectivity index (χ0n) is 20.2. The quantitative estimate of drug-likeness (QED) is 0.413. The number of benzene rings is 2. The van der Waals surface area contributed by atoms with Crippen molar-refractivity contribution < 1.29 is 18.4 Å². The van der Waals surface area contributed by atoms with Gasteiger partial charge in [0, 0.05) is 43.4 Å². The summed E-state index contributed by atoms with van der Waals surface area (Å²) in [6.07, 6.45) is 3.69. The van der Waals surface area contributed by atoms with Crippen molar-refractivity contribution in [1.29, 1.82) is 0 Å². The van der Waals surface area contributed by atoms with Gasteiger partial charge in [0.2, 0.25) is 11.3 Å². The molecule has 0 unspecified atom stereocenters. The molecule has 0 bridgehead atoms. The van der Waals surface area contributed by atoms with Crippen molar-refractivity contribution in [2.45, 2.75) is 19.8 Å². The Morgan fingerprint density at radius 2 is 1.74 bits per heavy atom. The monoisotopic (exact) mass is 478 g/mol. The summed E-state index contributed by atoms with van der Waals surface area (Å²) in [5.41, 5.74) is 1.62. The minimum atomic E-state index is -0.406. The van der Waals surface area contributed by atoms with Crippen molar-refractivity contribution in [3.8, 4) is 34.3 Å². The summed E-state index contributed by atoms with van der Waals surface area (Å²) in [5, 5.41) is 4.30. The average molecular weight is 479 g/mol.